The number of halogens is 1. The molecule has 0 saturated carbocycles. The summed E-state index contributed by atoms with van der Waals surface area (Å²) in [6.07, 6.45) is 1.70. The molecular weight excluding hydrogens is 304 g/mol. The van der Waals surface area contributed by atoms with Gasteiger partial charge < -0.3 is 15.2 Å². The lowest BCUT2D eigenvalue weighted by molar-refractivity contribution is -0.121. The lowest BCUT2D eigenvalue weighted by Gasteiger charge is -2.03. The Kier molecular flexibility index (Phi) is 6.36. The van der Waals surface area contributed by atoms with Crippen molar-refractivity contribution in [3.05, 3.63) is 35.2 Å². The second-order valence-electron chi connectivity index (χ2n) is 4.83. The van der Waals surface area contributed by atoms with E-state index in [4.69, 9.17) is 16.1 Å². The van der Waals surface area contributed by atoms with E-state index in [2.05, 4.69) is 20.8 Å². The van der Waals surface area contributed by atoms with Gasteiger partial charge in [-0.25, -0.2) is 0 Å². The van der Waals surface area contributed by atoms with Gasteiger partial charge in [0.15, 0.2) is 0 Å². The summed E-state index contributed by atoms with van der Waals surface area (Å²) in [7, 11) is 1.85. The Morgan fingerprint density at radius 3 is 2.77 bits per heavy atom. The summed E-state index contributed by atoms with van der Waals surface area (Å²) in [6.45, 7) is 1.40. The van der Waals surface area contributed by atoms with Crippen molar-refractivity contribution >= 4 is 17.5 Å². The Morgan fingerprint density at radius 2 is 2.05 bits per heavy atom. The summed E-state index contributed by atoms with van der Waals surface area (Å²) in [5.74, 6) is 1.10. The monoisotopic (exact) mass is 322 g/mol. The van der Waals surface area contributed by atoms with Crippen molar-refractivity contribution in [3.63, 3.8) is 0 Å². The van der Waals surface area contributed by atoms with E-state index < -0.39 is 0 Å². The average Bonchev–Trinajstić information content (AvgIpc) is 2.97. The minimum atomic E-state index is 0.0349. The van der Waals surface area contributed by atoms with Gasteiger partial charge in [-0.3, -0.25) is 4.79 Å². The Morgan fingerprint density at radius 1 is 1.27 bits per heavy atom. The van der Waals surface area contributed by atoms with Crippen LogP contribution in [0.3, 0.4) is 0 Å². The maximum Gasteiger partial charge on any atom is 0.226 e. The molecule has 6 nitrogen and oxygen atoms in total. The molecule has 22 heavy (non-hydrogen) atoms. The van der Waals surface area contributed by atoms with E-state index in [-0.39, 0.29) is 5.91 Å². The van der Waals surface area contributed by atoms with E-state index in [0.29, 0.717) is 42.5 Å². The van der Waals surface area contributed by atoms with Crippen molar-refractivity contribution in [2.45, 2.75) is 19.3 Å². The largest absolute Gasteiger partial charge is 0.355 e. The van der Waals surface area contributed by atoms with E-state index in [9.17, 15) is 4.79 Å². The number of rotatable bonds is 8. The van der Waals surface area contributed by atoms with E-state index >= 15 is 0 Å². The van der Waals surface area contributed by atoms with Crippen LogP contribution in [-0.4, -0.2) is 36.2 Å². The first-order chi connectivity index (χ1) is 10.7. The molecule has 7 heteroatoms. The van der Waals surface area contributed by atoms with Gasteiger partial charge in [-0.15, -0.1) is 0 Å². The number of aromatic nitrogens is 2. The van der Waals surface area contributed by atoms with Gasteiger partial charge in [-0.2, -0.15) is 4.98 Å². The molecule has 0 unspecified atom stereocenters. The standard InChI is InChI=1S/C15H19ClN4O2/c1-17-9-10-18-13(21)3-2-4-14-19-15(20-22-14)11-5-7-12(16)8-6-11/h5-8,17H,2-4,9-10H2,1H3,(H,18,21). The van der Waals surface area contributed by atoms with Gasteiger partial charge in [0.05, 0.1) is 0 Å². The molecule has 0 bridgehead atoms. The molecule has 2 N–H and O–H groups in total. The normalized spacial score (nSPS) is 10.6. The Labute approximate surface area is 134 Å². The number of nitrogens with zero attached hydrogens (tertiary/aromatic N) is 2. The molecule has 0 aliphatic heterocycles. The molecule has 0 spiro atoms. The molecule has 2 aromatic rings. The zero-order chi connectivity index (χ0) is 15.8. The van der Waals surface area contributed by atoms with Gasteiger partial charge in [-0.1, -0.05) is 16.8 Å². The third-order valence-corrected chi connectivity index (χ3v) is 3.31. The van der Waals surface area contributed by atoms with Gasteiger partial charge in [0, 0.05) is 36.5 Å². The smallest absolute Gasteiger partial charge is 0.226 e. The number of aryl methyl sites for hydroxylation is 1. The fourth-order valence-electron chi connectivity index (χ4n) is 1.89. The van der Waals surface area contributed by atoms with Crippen LogP contribution < -0.4 is 10.6 Å². The highest BCUT2D eigenvalue weighted by Gasteiger charge is 2.09. The summed E-state index contributed by atoms with van der Waals surface area (Å²) in [5.41, 5.74) is 0.851. The summed E-state index contributed by atoms with van der Waals surface area (Å²) in [5, 5.41) is 10.4. The Bertz CT molecular complexity index is 598. The molecule has 1 heterocycles. The number of carbonyl (C=O) groups excluding carboxylic acids is 1. The third kappa shape index (κ3) is 5.13. The van der Waals surface area contributed by atoms with Gasteiger partial charge in [0.1, 0.15) is 0 Å². The lowest BCUT2D eigenvalue weighted by Crippen LogP contribution is -2.30. The van der Waals surface area contributed by atoms with Crippen LogP contribution in [0.25, 0.3) is 11.4 Å². The Hall–Kier alpha value is -1.92. The number of nitrogens with one attached hydrogen (secondary N) is 2. The van der Waals surface area contributed by atoms with Crippen LogP contribution in [0.1, 0.15) is 18.7 Å². The maximum absolute atomic E-state index is 11.5. The highest BCUT2D eigenvalue weighted by atomic mass is 35.5. The number of hydrogen-bond donors (Lipinski definition) is 2. The number of hydrogen-bond acceptors (Lipinski definition) is 5. The first-order valence-corrected chi connectivity index (χ1v) is 7.56. The zero-order valence-corrected chi connectivity index (χ0v) is 13.2. The van der Waals surface area contributed by atoms with Crippen LogP contribution in [0.5, 0.6) is 0 Å². The molecule has 1 aromatic heterocycles. The molecule has 0 aliphatic rings. The van der Waals surface area contributed by atoms with Crippen LogP contribution >= 0.6 is 11.6 Å². The number of carbonyl (C=O) groups is 1. The minimum Gasteiger partial charge on any atom is -0.355 e. The van der Waals surface area contributed by atoms with Crippen molar-refractivity contribution < 1.29 is 9.32 Å². The van der Waals surface area contributed by atoms with Gasteiger partial charge >= 0.3 is 0 Å². The highest BCUT2D eigenvalue weighted by molar-refractivity contribution is 6.30. The second kappa shape index (κ2) is 8.51. The molecule has 1 aromatic carbocycles. The van der Waals surface area contributed by atoms with Crippen LogP contribution in [0.2, 0.25) is 5.02 Å². The molecule has 0 atom stereocenters. The van der Waals surface area contributed by atoms with E-state index in [1.165, 1.54) is 0 Å². The summed E-state index contributed by atoms with van der Waals surface area (Å²) < 4.78 is 5.19. The van der Waals surface area contributed by atoms with Crippen LogP contribution in [0, 0.1) is 0 Å². The van der Waals surface area contributed by atoms with Crippen LogP contribution in [-0.2, 0) is 11.2 Å². The SMILES string of the molecule is CNCCNC(=O)CCCc1nc(-c2ccc(Cl)cc2)no1. The average molecular weight is 323 g/mol. The van der Waals surface area contributed by atoms with Crippen molar-refractivity contribution in [1.82, 2.24) is 20.8 Å². The number of benzene rings is 1. The molecule has 118 valence electrons. The number of amides is 1. The predicted octanol–water partition coefficient (Wildman–Crippen LogP) is 2.05. The van der Waals surface area contributed by atoms with Crippen molar-refractivity contribution in [1.29, 1.82) is 0 Å². The molecule has 0 saturated heterocycles. The first kappa shape index (κ1) is 16.5. The van der Waals surface area contributed by atoms with E-state index in [0.717, 1.165) is 12.1 Å². The quantitative estimate of drug-likeness (QED) is 0.727. The minimum absolute atomic E-state index is 0.0349. The van der Waals surface area contributed by atoms with Gasteiger partial charge in [0.2, 0.25) is 17.6 Å². The predicted molar refractivity (Wildman–Crippen MR) is 84.6 cm³/mol. The topological polar surface area (TPSA) is 80.0 Å². The summed E-state index contributed by atoms with van der Waals surface area (Å²) >= 11 is 5.84. The fourth-order valence-corrected chi connectivity index (χ4v) is 2.01. The van der Waals surface area contributed by atoms with E-state index in [1.807, 2.05) is 19.2 Å². The molecular formula is C15H19ClN4O2. The summed E-state index contributed by atoms with van der Waals surface area (Å²) in [4.78, 5) is 15.9. The number of likely N-dealkylation sites (N-methyl/N-ethyl adjacent to an activating group) is 1. The van der Waals surface area contributed by atoms with E-state index in [1.54, 1.807) is 12.1 Å². The van der Waals surface area contributed by atoms with Gasteiger partial charge in [-0.05, 0) is 37.7 Å². The maximum atomic E-state index is 11.5. The first-order valence-electron chi connectivity index (χ1n) is 7.19. The zero-order valence-electron chi connectivity index (χ0n) is 12.4. The van der Waals surface area contributed by atoms with Gasteiger partial charge in [0.25, 0.3) is 0 Å². The lowest BCUT2D eigenvalue weighted by atomic mass is 10.2. The highest BCUT2D eigenvalue weighted by Crippen LogP contribution is 2.19. The molecule has 0 fully saturated rings. The molecule has 2 rings (SSSR count). The van der Waals surface area contributed by atoms with Crippen LogP contribution in [0.15, 0.2) is 28.8 Å². The molecule has 1 amide bonds. The fraction of sp³-hybridized carbons (Fsp3) is 0.400. The third-order valence-electron chi connectivity index (χ3n) is 3.06. The second-order valence-corrected chi connectivity index (χ2v) is 5.26. The van der Waals surface area contributed by atoms with Crippen molar-refractivity contribution in [3.8, 4) is 11.4 Å². The molecule has 0 radical (unpaired) electrons. The summed E-state index contributed by atoms with van der Waals surface area (Å²) in [6, 6.07) is 7.24. The Balaban J connectivity index is 1.78. The van der Waals surface area contributed by atoms with Crippen molar-refractivity contribution in [2.24, 2.45) is 0 Å². The van der Waals surface area contributed by atoms with Crippen LogP contribution in [0.4, 0.5) is 0 Å². The van der Waals surface area contributed by atoms with Crippen molar-refractivity contribution in [2.75, 3.05) is 20.1 Å². The molecule has 0 aliphatic carbocycles.